The predicted octanol–water partition coefficient (Wildman–Crippen LogP) is 3.00. The molecule has 1 fully saturated rings. The first-order valence-electron chi connectivity index (χ1n) is 11.9. The van der Waals surface area contributed by atoms with Gasteiger partial charge in [0, 0.05) is 51.4 Å². The lowest BCUT2D eigenvalue weighted by molar-refractivity contribution is 0.0404. The number of benzene rings is 1. The number of hydrogen-bond donors (Lipinski definition) is 2. The van der Waals surface area contributed by atoms with Gasteiger partial charge in [-0.2, -0.15) is 5.26 Å². The van der Waals surface area contributed by atoms with Crippen LogP contribution in [0.25, 0.3) is 11.0 Å². The lowest BCUT2D eigenvalue weighted by Gasteiger charge is -2.36. The number of pyridine rings is 2. The molecule has 0 radical (unpaired) electrons. The van der Waals surface area contributed by atoms with Gasteiger partial charge in [-0.15, -0.1) is 24.8 Å². The number of rotatable bonds is 6. The molecule has 0 saturated carbocycles. The van der Waals surface area contributed by atoms with Crippen LogP contribution in [-0.2, 0) is 26.4 Å². The second-order valence-electron chi connectivity index (χ2n) is 9.29. The van der Waals surface area contributed by atoms with Crippen molar-refractivity contribution in [1.82, 2.24) is 19.8 Å². The number of aliphatic hydroxyl groups excluding tert-OH is 1. The van der Waals surface area contributed by atoms with Crippen molar-refractivity contribution in [2.24, 2.45) is 7.05 Å². The van der Waals surface area contributed by atoms with Crippen molar-refractivity contribution in [3.8, 4) is 11.8 Å². The molecular weight excluding hydrogens is 537 g/mol. The van der Waals surface area contributed by atoms with Gasteiger partial charge in [-0.05, 0) is 48.2 Å². The molecule has 2 atom stereocenters. The van der Waals surface area contributed by atoms with Gasteiger partial charge in [-0.3, -0.25) is 9.78 Å². The summed E-state index contributed by atoms with van der Waals surface area (Å²) < 4.78 is 7.17. The highest BCUT2D eigenvalue weighted by molar-refractivity contribution is 6.32. The van der Waals surface area contributed by atoms with E-state index in [9.17, 15) is 15.2 Å². The number of fused-ring (bicyclic) bond motifs is 2. The van der Waals surface area contributed by atoms with E-state index in [-0.39, 0.29) is 36.4 Å². The Morgan fingerprint density at radius 1 is 1.32 bits per heavy atom. The normalized spacial score (nSPS) is 18.9. The van der Waals surface area contributed by atoms with E-state index in [4.69, 9.17) is 16.3 Å². The zero-order valence-electron chi connectivity index (χ0n) is 20.4. The maximum atomic E-state index is 12.2. The van der Waals surface area contributed by atoms with Gasteiger partial charge in [0.25, 0.3) is 5.56 Å². The molecule has 0 aliphatic carbocycles. The average Bonchev–Trinajstić information content (AvgIpc) is 3.33. The first kappa shape index (κ1) is 29.2. The molecule has 5 rings (SSSR count). The molecule has 2 aliphatic heterocycles. The summed E-state index contributed by atoms with van der Waals surface area (Å²) in [6, 6.07) is 9.41. The van der Waals surface area contributed by atoms with Gasteiger partial charge < -0.3 is 24.6 Å². The maximum absolute atomic E-state index is 12.2. The van der Waals surface area contributed by atoms with Crippen molar-refractivity contribution >= 4 is 47.4 Å². The average molecular weight is 567 g/mol. The summed E-state index contributed by atoms with van der Waals surface area (Å²) in [5.74, 6) is 0.715. The van der Waals surface area contributed by atoms with Crippen LogP contribution in [0.5, 0.6) is 5.75 Å². The summed E-state index contributed by atoms with van der Waals surface area (Å²) in [7, 11) is 1.74. The minimum absolute atomic E-state index is 0. The third kappa shape index (κ3) is 6.04. The summed E-state index contributed by atoms with van der Waals surface area (Å²) >= 11 is 6.47. The number of nitrogens with one attached hydrogen (secondary N) is 1. The fourth-order valence-corrected chi connectivity index (χ4v) is 5.39. The standard InChI is InChI=1S/C26H28ClN5O3.2ClH/c1-31-24(34)3-2-22-25(31)19(20(27)14-30-22)4-7-32-8-5-21(23(33)15-32)29-13-16-10-17-6-9-35-26(17)18(11-16)12-28;;/h2-3,10-11,14,21,23,29,33H,4-9,13,15H2,1H3;2*1H/t21-,23+;;/m0../s1. The van der Waals surface area contributed by atoms with Crippen LogP contribution >= 0.6 is 36.4 Å². The third-order valence-corrected chi connectivity index (χ3v) is 7.39. The van der Waals surface area contributed by atoms with Crippen LogP contribution < -0.4 is 15.6 Å². The van der Waals surface area contributed by atoms with Crippen LogP contribution in [0, 0.1) is 11.3 Å². The minimum Gasteiger partial charge on any atom is -0.492 e. The van der Waals surface area contributed by atoms with E-state index in [1.165, 1.54) is 6.07 Å². The molecule has 0 amide bonds. The van der Waals surface area contributed by atoms with Crippen molar-refractivity contribution in [2.45, 2.75) is 38.0 Å². The molecule has 198 valence electrons. The van der Waals surface area contributed by atoms with Crippen LogP contribution in [-0.4, -0.2) is 57.9 Å². The predicted molar refractivity (Wildman–Crippen MR) is 148 cm³/mol. The van der Waals surface area contributed by atoms with Gasteiger partial charge in [-0.1, -0.05) is 17.7 Å². The Kier molecular flexibility index (Phi) is 9.81. The Hall–Kier alpha value is -2.38. The number of β-amino-alcohol motifs (C(OH)–C–C–N with tert-alkyl or cyclic N) is 1. The van der Waals surface area contributed by atoms with E-state index in [1.807, 2.05) is 6.07 Å². The van der Waals surface area contributed by atoms with Gasteiger partial charge in [0.05, 0.1) is 34.3 Å². The largest absolute Gasteiger partial charge is 0.492 e. The molecule has 2 aliphatic rings. The third-order valence-electron chi connectivity index (χ3n) is 7.06. The summed E-state index contributed by atoms with van der Waals surface area (Å²) in [4.78, 5) is 18.7. The molecule has 11 heteroatoms. The SMILES string of the molecule is Cl.Cl.Cn1c(=O)ccc2ncc(Cl)c(CCN3CC[C@H](NCc4cc(C#N)c5c(c4)CCO5)[C@H](O)C3)c21. The highest BCUT2D eigenvalue weighted by Gasteiger charge is 2.28. The number of hydrogen-bond acceptors (Lipinski definition) is 7. The van der Waals surface area contributed by atoms with Crippen molar-refractivity contribution < 1.29 is 9.84 Å². The fourth-order valence-electron chi connectivity index (χ4n) is 5.16. The Balaban J connectivity index is 0.00000190. The van der Waals surface area contributed by atoms with E-state index in [0.717, 1.165) is 53.7 Å². The molecule has 0 bridgehead atoms. The quantitative estimate of drug-likeness (QED) is 0.473. The summed E-state index contributed by atoms with van der Waals surface area (Å²) in [5, 5.41) is 24.3. The first-order valence-corrected chi connectivity index (χ1v) is 12.3. The van der Waals surface area contributed by atoms with Crippen LogP contribution in [0.2, 0.25) is 5.02 Å². The molecule has 1 saturated heterocycles. The minimum atomic E-state index is -0.508. The highest BCUT2D eigenvalue weighted by atomic mass is 35.5. The van der Waals surface area contributed by atoms with Crippen molar-refractivity contribution in [3.63, 3.8) is 0 Å². The molecule has 8 nitrogen and oxygen atoms in total. The van der Waals surface area contributed by atoms with Crippen molar-refractivity contribution in [2.75, 3.05) is 26.2 Å². The number of aryl methyl sites for hydroxylation is 1. The molecule has 0 spiro atoms. The Morgan fingerprint density at radius 2 is 2.14 bits per heavy atom. The number of halogens is 3. The van der Waals surface area contributed by atoms with Gasteiger partial charge in [-0.25, -0.2) is 0 Å². The van der Waals surface area contributed by atoms with Gasteiger partial charge in [0.2, 0.25) is 0 Å². The zero-order chi connectivity index (χ0) is 24.5. The molecule has 2 N–H and O–H groups in total. The van der Waals surface area contributed by atoms with Crippen LogP contribution in [0.15, 0.2) is 35.3 Å². The number of likely N-dealkylation sites (tertiary alicyclic amines) is 1. The van der Waals surface area contributed by atoms with Gasteiger partial charge >= 0.3 is 0 Å². The van der Waals surface area contributed by atoms with Crippen LogP contribution in [0.3, 0.4) is 0 Å². The van der Waals surface area contributed by atoms with E-state index in [2.05, 4.69) is 27.3 Å². The lowest BCUT2D eigenvalue weighted by Crippen LogP contribution is -2.52. The smallest absolute Gasteiger partial charge is 0.250 e. The van der Waals surface area contributed by atoms with E-state index in [1.54, 1.807) is 23.9 Å². The second kappa shape index (κ2) is 12.4. The summed E-state index contributed by atoms with van der Waals surface area (Å²) in [5.41, 5.74) is 5.00. The van der Waals surface area contributed by atoms with E-state index in [0.29, 0.717) is 42.5 Å². The maximum Gasteiger partial charge on any atom is 0.250 e. The number of aromatic nitrogens is 2. The molecule has 2 aromatic heterocycles. The Labute approximate surface area is 233 Å². The number of aliphatic hydroxyl groups is 1. The summed E-state index contributed by atoms with van der Waals surface area (Å²) in [6.07, 6.45) is 3.42. The van der Waals surface area contributed by atoms with Crippen molar-refractivity contribution in [1.29, 1.82) is 5.26 Å². The molecule has 1 aromatic carbocycles. The van der Waals surface area contributed by atoms with Gasteiger partial charge in [0.1, 0.15) is 11.8 Å². The number of ether oxygens (including phenoxy) is 1. The van der Waals surface area contributed by atoms with Crippen LogP contribution in [0.1, 0.15) is 28.7 Å². The monoisotopic (exact) mass is 565 g/mol. The lowest BCUT2D eigenvalue weighted by atomic mass is 9.99. The first-order chi connectivity index (χ1) is 16.9. The molecule has 37 heavy (non-hydrogen) atoms. The molecular formula is C26H30Cl3N5O3. The topological polar surface area (TPSA) is 103 Å². The van der Waals surface area contributed by atoms with E-state index < -0.39 is 6.10 Å². The molecule has 4 heterocycles. The number of nitrogens with zero attached hydrogens (tertiary/aromatic N) is 4. The molecule has 0 unspecified atom stereocenters. The zero-order valence-corrected chi connectivity index (χ0v) is 22.8. The fraction of sp³-hybridized carbons (Fsp3) is 0.423. The Morgan fingerprint density at radius 3 is 2.89 bits per heavy atom. The second-order valence-corrected chi connectivity index (χ2v) is 9.69. The summed E-state index contributed by atoms with van der Waals surface area (Å²) in [6.45, 7) is 3.34. The molecule has 3 aromatic rings. The van der Waals surface area contributed by atoms with Crippen molar-refractivity contribution in [3.05, 3.63) is 68.1 Å². The number of nitriles is 1. The number of piperidine rings is 1. The highest BCUT2D eigenvalue weighted by Crippen LogP contribution is 2.31. The Bertz CT molecular complexity index is 1370. The van der Waals surface area contributed by atoms with E-state index >= 15 is 0 Å². The van der Waals surface area contributed by atoms with Gasteiger partial charge in [0.15, 0.2) is 0 Å². The van der Waals surface area contributed by atoms with Crippen LogP contribution in [0.4, 0.5) is 0 Å².